The van der Waals surface area contributed by atoms with Crippen LogP contribution in [0.1, 0.15) is 0 Å². The van der Waals surface area contributed by atoms with Crippen LogP contribution in [0.4, 0.5) is 0 Å². The third-order valence-electron chi connectivity index (χ3n) is 4.09. The number of hydrogen-bond donors (Lipinski definition) is 1. The first kappa shape index (κ1) is 14.3. The molecule has 0 fully saturated rings. The summed E-state index contributed by atoms with van der Waals surface area (Å²) in [5, 5.41) is 12.5. The van der Waals surface area contributed by atoms with Crippen LogP contribution in [0.25, 0.3) is 32.9 Å². The molecule has 0 aliphatic heterocycles. The summed E-state index contributed by atoms with van der Waals surface area (Å²) in [4.78, 5) is 11.9. The first-order valence-electron chi connectivity index (χ1n) is 7.49. The van der Waals surface area contributed by atoms with E-state index < -0.39 is 5.63 Å². The monoisotopic (exact) mass is 318 g/mol. The van der Waals surface area contributed by atoms with E-state index in [1.54, 1.807) is 19.2 Å². The lowest BCUT2D eigenvalue weighted by atomic mass is 9.99. The number of ether oxygens (including phenoxy) is 1. The van der Waals surface area contributed by atoms with Crippen molar-refractivity contribution in [3.8, 4) is 22.6 Å². The Morgan fingerprint density at radius 2 is 1.71 bits per heavy atom. The molecule has 0 aliphatic carbocycles. The Labute approximate surface area is 137 Å². The number of rotatable bonds is 2. The smallest absolute Gasteiger partial charge is 0.336 e. The summed E-state index contributed by atoms with van der Waals surface area (Å²) in [6.45, 7) is 0. The van der Waals surface area contributed by atoms with Crippen LogP contribution in [-0.4, -0.2) is 12.2 Å². The number of aromatic hydroxyl groups is 1. The highest BCUT2D eigenvalue weighted by atomic mass is 16.5. The van der Waals surface area contributed by atoms with E-state index in [1.165, 1.54) is 12.1 Å². The van der Waals surface area contributed by atoms with Crippen LogP contribution in [0.15, 0.2) is 69.9 Å². The van der Waals surface area contributed by atoms with Crippen LogP contribution in [0, 0.1) is 0 Å². The molecule has 4 heteroatoms. The molecule has 0 unspecified atom stereocenters. The Hall–Kier alpha value is -3.27. The van der Waals surface area contributed by atoms with E-state index in [0.29, 0.717) is 5.58 Å². The molecule has 3 aromatic carbocycles. The van der Waals surface area contributed by atoms with Gasteiger partial charge in [-0.05, 0) is 52.2 Å². The zero-order valence-corrected chi connectivity index (χ0v) is 12.9. The average Bonchev–Trinajstić information content (AvgIpc) is 2.59. The van der Waals surface area contributed by atoms with Crippen molar-refractivity contribution in [1.29, 1.82) is 0 Å². The SMILES string of the molecule is COc1ccc2cc(-c3cc(=O)oc4cc(O)ccc34)ccc2c1. The molecule has 0 spiro atoms. The van der Waals surface area contributed by atoms with Gasteiger partial charge in [-0.25, -0.2) is 4.79 Å². The zero-order valence-electron chi connectivity index (χ0n) is 12.9. The van der Waals surface area contributed by atoms with Gasteiger partial charge in [-0.15, -0.1) is 0 Å². The molecule has 4 rings (SSSR count). The molecule has 0 bridgehead atoms. The maximum atomic E-state index is 11.9. The summed E-state index contributed by atoms with van der Waals surface area (Å²) in [5.74, 6) is 0.866. The molecule has 4 nitrogen and oxygen atoms in total. The van der Waals surface area contributed by atoms with Gasteiger partial charge >= 0.3 is 5.63 Å². The van der Waals surface area contributed by atoms with Gasteiger partial charge in [0.05, 0.1) is 7.11 Å². The normalized spacial score (nSPS) is 11.0. The second kappa shape index (κ2) is 5.42. The van der Waals surface area contributed by atoms with E-state index in [0.717, 1.165) is 33.0 Å². The van der Waals surface area contributed by atoms with E-state index in [2.05, 4.69) is 0 Å². The van der Waals surface area contributed by atoms with Crippen LogP contribution in [0.2, 0.25) is 0 Å². The highest BCUT2D eigenvalue weighted by Crippen LogP contribution is 2.32. The fraction of sp³-hybridized carbons (Fsp3) is 0.0500. The number of fused-ring (bicyclic) bond motifs is 2. The molecule has 1 heterocycles. The van der Waals surface area contributed by atoms with Gasteiger partial charge in [0.25, 0.3) is 0 Å². The lowest BCUT2D eigenvalue weighted by molar-refractivity contribution is 0.415. The van der Waals surface area contributed by atoms with Crippen molar-refractivity contribution in [2.75, 3.05) is 7.11 Å². The van der Waals surface area contributed by atoms with Gasteiger partial charge in [0.2, 0.25) is 0 Å². The molecule has 0 radical (unpaired) electrons. The standard InChI is InChI=1S/C20H14O4/c1-23-16-6-4-12-8-14(3-2-13(12)9-16)18-11-20(22)24-19-10-15(21)5-7-17(18)19/h2-11,21H,1H3. The molecule has 0 saturated carbocycles. The summed E-state index contributed by atoms with van der Waals surface area (Å²) in [6, 6.07) is 18.1. The van der Waals surface area contributed by atoms with E-state index in [1.807, 2.05) is 36.4 Å². The predicted octanol–water partition coefficient (Wildman–Crippen LogP) is 4.33. The highest BCUT2D eigenvalue weighted by molar-refractivity contribution is 5.97. The molecule has 24 heavy (non-hydrogen) atoms. The fourth-order valence-electron chi connectivity index (χ4n) is 2.91. The van der Waals surface area contributed by atoms with Crippen LogP contribution in [-0.2, 0) is 0 Å². The van der Waals surface area contributed by atoms with Gasteiger partial charge in [0.15, 0.2) is 0 Å². The fourth-order valence-corrected chi connectivity index (χ4v) is 2.91. The number of hydrogen-bond acceptors (Lipinski definition) is 4. The number of phenolic OH excluding ortho intramolecular Hbond substituents is 1. The molecule has 1 N–H and O–H groups in total. The van der Waals surface area contributed by atoms with Gasteiger partial charge in [0.1, 0.15) is 17.1 Å². The first-order valence-corrected chi connectivity index (χ1v) is 7.49. The summed E-state index contributed by atoms with van der Waals surface area (Å²) in [5.41, 5.74) is 1.61. The minimum absolute atomic E-state index is 0.0633. The van der Waals surface area contributed by atoms with Crippen LogP contribution < -0.4 is 10.4 Å². The Morgan fingerprint density at radius 1 is 0.917 bits per heavy atom. The van der Waals surface area contributed by atoms with Crippen LogP contribution in [0.3, 0.4) is 0 Å². The predicted molar refractivity (Wildman–Crippen MR) is 93.6 cm³/mol. The number of phenols is 1. The van der Waals surface area contributed by atoms with Gasteiger partial charge in [-0.2, -0.15) is 0 Å². The van der Waals surface area contributed by atoms with Gasteiger partial charge < -0.3 is 14.3 Å². The largest absolute Gasteiger partial charge is 0.508 e. The summed E-state index contributed by atoms with van der Waals surface area (Å²) >= 11 is 0. The van der Waals surface area contributed by atoms with Crippen molar-refractivity contribution >= 4 is 21.7 Å². The second-order valence-corrected chi connectivity index (χ2v) is 5.59. The van der Waals surface area contributed by atoms with Crippen LogP contribution in [0.5, 0.6) is 11.5 Å². The molecular formula is C20H14O4. The molecule has 0 amide bonds. The Morgan fingerprint density at radius 3 is 2.54 bits per heavy atom. The molecular weight excluding hydrogens is 304 g/mol. The number of methoxy groups -OCH3 is 1. The van der Waals surface area contributed by atoms with Crippen LogP contribution >= 0.6 is 0 Å². The third kappa shape index (κ3) is 2.38. The Bertz CT molecular complexity index is 1130. The topological polar surface area (TPSA) is 59.7 Å². The van der Waals surface area contributed by atoms with E-state index in [-0.39, 0.29) is 5.75 Å². The molecule has 4 aromatic rings. The summed E-state index contributed by atoms with van der Waals surface area (Å²) in [7, 11) is 1.64. The van der Waals surface area contributed by atoms with E-state index >= 15 is 0 Å². The summed E-state index contributed by atoms with van der Waals surface area (Å²) < 4.78 is 10.4. The van der Waals surface area contributed by atoms with Crippen molar-refractivity contribution in [2.45, 2.75) is 0 Å². The van der Waals surface area contributed by atoms with Crippen molar-refractivity contribution < 1.29 is 14.3 Å². The third-order valence-corrected chi connectivity index (χ3v) is 4.09. The molecule has 118 valence electrons. The maximum Gasteiger partial charge on any atom is 0.336 e. The maximum absolute atomic E-state index is 11.9. The van der Waals surface area contributed by atoms with E-state index in [4.69, 9.17) is 9.15 Å². The van der Waals surface area contributed by atoms with E-state index in [9.17, 15) is 9.90 Å². The summed E-state index contributed by atoms with van der Waals surface area (Å²) in [6.07, 6.45) is 0. The Balaban J connectivity index is 1.97. The Kier molecular flexibility index (Phi) is 3.24. The van der Waals surface area contributed by atoms with Crippen molar-refractivity contribution in [1.82, 2.24) is 0 Å². The van der Waals surface area contributed by atoms with Crippen molar-refractivity contribution in [3.05, 3.63) is 71.1 Å². The quantitative estimate of drug-likeness (QED) is 0.559. The molecule has 0 atom stereocenters. The highest BCUT2D eigenvalue weighted by Gasteiger charge is 2.09. The van der Waals surface area contributed by atoms with Gasteiger partial charge in [0, 0.05) is 17.5 Å². The molecule has 1 aromatic heterocycles. The van der Waals surface area contributed by atoms with Crippen molar-refractivity contribution in [2.24, 2.45) is 0 Å². The lowest BCUT2D eigenvalue weighted by Crippen LogP contribution is -1.98. The minimum Gasteiger partial charge on any atom is -0.508 e. The van der Waals surface area contributed by atoms with Gasteiger partial charge in [-0.1, -0.05) is 18.2 Å². The zero-order chi connectivity index (χ0) is 16.7. The number of benzene rings is 3. The van der Waals surface area contributed by atoms with Crippen molar-refractivity contribution in [3.63, 3.8) is 0 Å². The lowest BCUT2D eigenvalue weighted by Gasteiger charge is -2.08. The molecule has 0 aliphatic rings. The van der Waals surface area contributed by atoms with Gasteiger partial charge in [-0.3, -0.25) is 0 Å². The molecule has 0 saturated heterocycles. The average molecular weight is 318 g/mol. The second-order valence-electron chi connectivity index (χ2n) is 5.59. The minimum atomic E-state index is -0.446. The first-order chi connectivity index (χ1) is 11.6.